The highest BCUT2D eigenvalue weighted by molar-refractivity contribution is 9.10. The van der Waals surface area contributed by atoms with Crippen molar-refractivity contribution in [1.82, 2.24) is 5.32 Å². The zero-order chi connectivity index (χ0) is 12.1. The van der Waals surface area contributed by atoms with Crippen LogP contribution in [0.5, 0.6) is 0 Å². The first-order valence-corrected chi connectivity index (χ1v) is 6.10. The predicted molar refractivity (Wildman–Crippen MR) is 69.3 cm³/mol. The Kier molecular flexibility index (Phi) is 4.96. The molecule has 0 fully saturated rings. The molecule has 0 aliphatic carbocycles. The Hall–Kier alpha value is -0.870. The number of hydrogen-bond donors (Lipinski definition) is 2. The molecule has 1 atom stereocenters. The zero-order valence-corrected chi connectivity index (χ0v) is 11.1. The van der Waals surface area contributed by atoms with Crippen LogP contribution in [0.2, 0.25) is 0 Å². The fourth-order valence-electron chi connectivity index (χ4n) is 1.38. The number of hydrogen-bond acceptors (Lipinski definition) is 2. The van der Waals surface area contributed by atoms with Gasteiger partial charge in [-0.2, -0.15) is 0 Å². The van der Waals surface area contributed by atoms with Gasteiger partial charge in [0.25, 0.3) is 5.91 Å². The highest BCUT2D eigenvalue weighted by atomic mass is 79.9. The summed E-state index contributed by atoms with van der Waals surface area (Å²) in [7, 11) is 0. The third kappa shape index (κ3) is 3.61. The summed E-state index contributed by atoms with van der Waals surface area (Å²) in [5, 5.41) is 2.92. The van der Waals surface area contributed by atoms with Crippen molar-refractivity contribution < 1.29 is 4.79 Å². The van der Waals surface area contributed by atoms with Gasteiger partial charge in [-0.25, -0.2) is 0 Å². The average molecular weight is 285 g/mol. The quantitative estimate of drug-likeness (QED) is 0.890. The molecule has 0 radical (unpaired) electrons. The SMILES string of the molecule is CC(C)C(CN)NC(=O)c1cccc(Br)c1. The highest BCUT2D eigenvalue weighted by Gasteiger charge is 2.15. The van der Waals surface area contributed by atoms with Gasteiger partial charge in [0.05, 0.1) is 0 Å². The molecule has 3 nitrogen and oxygen atoms in total. The molecule has 1 amide bonds. The second kappa shape index (κ2) is 6.01. The van der Waals surface area contributed by atoms with Gasteiger partial charge in [-0.15, -0.1) is 0 Å². The molecule has 1 aromatic carbocycles. The summed E-state index contributed by atoms with van der Waals surface area (Å²) in [4.78, 5) is 11.9. The molecule has 0 aliphatic rings. The Bertz CT molecular complexity index is 366. The van der Waals surface area contributed by atoms with Crippen molar-refractivity contribution in [3.8, 4) is 0 Å². The number of rotatable bonds is 4. The van der Waals surface area contributed by atoms with E-state index in [1.165, 1.54) is 0 Å². The van der Waals surface area contributed by atoms with Crippen LogP contribution < -0.4 is 11.1 Å². The Labute approximate surface area is 105 Å². The first-order chi connectivity index (χ1) is 7.54. The van der Waals surface area contributed by atoms with Crippen LogP contribution >= 0.6 is 15.9 Å². The standard InChI is InChI=1S/C12H17BrN2O/c1-8(2)11(7-14)15-12(16)9-4-3-5-10(13)6-9/h3-6,8,11H,7,14H2,1-2H3,(H,15,16). The molecule has 0 bridgehead atoms. The Morgan fingerprint density at radius 2 is 2.19 bits per heavy atom. The molecule has 1 aromatic rings. The topological polar surface area (TPSA) is 55.1 Å². The molecule has 1 rings (SSSR count). The van der Waals surface area contributed by atoms with Gasteiger partial charge in [0.1, 0.15) is 0 Å². The fourth-order valence-corrected chi connectivity index (χ4v) is 1.78. The van der Waals surface area contributed by atoms with Crippen LogP contribution in [-0.4, -0.2) is 18.5 Å². The van der Waals surface area contributed by atoms with E-state index < -0.39 is 0 Å². The van der Waals surface area contributed by atoms with Gasteiger partial charge >= 0.3 is 0 Å². The maximum absolute atomic E-state index is 11.9. The second-order valence-electron chi connectivity index (χ2n) is 4.07. The van der Waals surface area contributed by atoms with Gasteiger partial charge in [0.2, 0.25) is 0 Å². The van der Waals surface area contributed by atoms with Gasteiger partial charge < -0.3 is 11.1 Å². The van der Waals surface area contributed by atoms with E-state index in [1.54, 1.807) is 12.1 Å². The molecule has 0 spiro atoms. The average Bonchev–Trinajstić information content (AvgIpc) is 2.25. The number of amides is 1. The summed E-state index contributed by atoms with van der Waals surface area (Å²) in [5.41, 5.74) is 6.25. The summed E-state index contributed by atoms with van der Waals surface area (Å²) in [5.74, 6) is 0.256. The minimum atomic E-state index is -0.0783. The van der Waals surface area contributed by atoms with E-state index in [4.69, 9.17) is 5.73 Å². The van der Waals surface area contributed by atoms with Crippen molar-refractivity contribution in [2.75, 3.05) is 6.54 Å². The van der Waals surface area contributed by atoms with Crippen LogP contribution in [-0.2, 0) is 0 Å². The van der Waals surface area contributed by atoms with E-state index in [0.717, 1.165) is 4.47 Å². The minimum Gasteiger partial charge on any atom is -0.348 e. The van der Waals surface area contributed by atoms with E-state index in [-0.39, 0.29) is 11.9 Å². The molecule has 3 N–H and O–H groups in total. The van der Waals surface area contributed by atoms with Crippen LogP contribution in [0.25, 0.3) is 0 Å². The maximum Gasteiger partial charge on any atom is 0.251 e. The van der Waals surface area contributed by atoms with Crippen molar-refractivity contribution in [1.29, 1.82) is 0 Å². The van der Waals surface area contributed by atoms with Crippen molar-refractivity contribution in [3.63, 3.8) is 0 Å². The Balaban J connectivity index is 2.72. The lowest BCUT2D eigenvalue weighted by molar-refractivity contribution is 0.0927. The zero-order valence-electron chi connectivity index (χ0n) is 9.53. The van der Waals surface area contributed by atoms with Crippen molar-refractivity contribution >= 4 is 21.8 Å². The molecule has 1 unspecified atom stereocenters. The molecule has 0 aromatic heterocycles. The third-order valence-corrected chi connectivity index (χ3v) is 2.96. The van der Waals surface area contributed by atoms with Crippen LogP contribution in [0, 0.1) is 5.92 Å². The number of nitrogens with two attached hydrogens (primary N) is 1. The third-order valence-electron chi connectivity index (χ3n) is 2.46. The molecule has 0 aliphatic heterocycles. The summed E-state index contributed by atoms with van der Waals surface area (Å²) in [6, 6.07) is 7.33. The normalized spacial score (nSPS) is 12.6. The number of nitrogens with one attached hydrogen (secondary N) is 1. The monoisotopic (exact) mass is 284 g/mol. The molecule has 0 heterocycles. The van der Waals surface area contributed by atoms with E-state index in [9.17, 15) is 4.79 Å². The largest absolute Gasteiger partial charge is 0.348 e. The Morgan fingerprint density at radius 3 is 2.69 bits per heavy atom. The molecule has 0 saturated heterocycles. The molecule has 0 saturated carbocycles. The first-order valence-electron chi connectivity index (χ1n) is 5.31. The molecular weight excluding hydrogens is 268 g/mol. The molecule has 16 heavy (non-hydrogen) atoms. The van der Waals surface area contributed by atoms with E-state index in [1.807, 2.05) is 26.0 Å². The van der Waals surface area contributed by atoms with E-state index in [0.29, 0.717) is 18.0 Å². The Morgan fingerprint density at radius 1 is 1.50 bits per heavy atom. The minimum absolute atomic E-state index is 0.0199. The maximum atomic E-state index is 11.9. The summed E-state index contributed by atoms with van der Waals surface area (Å²) < 4.78 is 0.897. The van der Waals surface area contributed by atoms with Gasteiger partial charge in [-0.1, -0.05) is 35.8 Å². The number of benzene rings is 1. The fraction of sp³-hybridized carbons (Fsp3) is 0.417. The van der Waals surface area contributed by atoms with Crippen LogP contribution in [0.4, 0.5) is 0 Å². The summed E-state index contributed by atoms with van der Waals surface area (Å²) in [6.45, 7) is 4.54. The summed E-state index contributed by atoms with van der Waals surface area (Å²) >= 11 is 3.34. The van der Waals surface area contributed by atoms with Gasteiger partial charge in [0.15, 0.2) is 0 Å². The van der Waals surface area contributed by atoms with Crippen molar-refractivity contribution in [3.05, 3.63) is 34.3 Å². The second-order valence-corrected chi connectivity index (χ2v) is 4.99. The smallest absolute Gasteiger partial charge is 0.251 e. The molecule has 88 valence electrons. The van der Waals surface area contributed by atoms with Gasteiger partial charge in [-0.05, 0) is 24.1 Å². The molecular formula is C12H17BrN2O. The van der Waals surface area contributed by atoms with Crippen LogP contribution in [0.1, 0.15) is 24.2 Å². The van der Waals surface area contributed by atoms with Crippen LogP contribution in [0.15, 0.2) is 28.7 Å². The van der Waals surface area contributed by atoms with Crippen molar-refractivity contribution in [2.45, 2.75) is 19.9 Å². The number of halogens is 1. The van der Waals surface area contributed by atoms with E-state index in [2.05, 4.69) is 21.2 Å². The summed E-state index contributed by atoms with van der Waals surface area (Å²) in [6.07, 6.45) is 0. The van der Waals surface area contributed by atoms with Gasteiger partial charge in [0, 0.05) is 22.6 Å². The lowest BCUT2D eigenvalue weighted by Gasteiger charge is -2.20. The predicted octanol–water partition coefficient (Wildman–Crippen LogP) is 2.16. The lowest BCUT2D eigenvalue weighted by atomic mass is 10.0. The first kappa shape index (κ1) is 13.2. The highest BCUT2D eigenvalue weighted by Crippen LogP contribution is 2.12. The number of carbonyl (C=O) groups excluding carboxylic acids is 1. The van der Waals surface area contributed by atoms with E-state index >= 15 is 0 Å². The van der Waals surface area contributed by atoms with Crippen LogP contribution in [0.3, 0.4) is 0 Å². The molecule has 4 heteroatoms. The van der Waals surface area contributed by atoms with Gasteiger partial charge in [-0.3, -0.25) is 4.79 Å². The van der Waals surface area contributed by atoms with Crippen molar-refractivity contribution in [2.24, 2.45) is 11.7 Å². The lowest BCUT2D eigenvalue weighted by Crippen LogP contribution is -2.43. The number of carbonyl (C=O) groups is 1.